The van der Waals surface area contributed by atoms with Crippen LogP contribution in [0.15, 0.2) is 42.5 Å². The van der Waals surface area contributed by atoms with Gasteiger partial charge in [-0.15, -0.1) is 0 Å². The van der Waals surface area contributed by atoms with Gasteiger partial charge in [-0.2, -0.15) is 0 Å². The molecule has 6 heteroatoms. The van der Waals surface area contributed by atoms with Gasteiger partial charge in [-0.05, 0) is 36.4 Å². The van der Waals surface area contributed by atoms with E-state index in [1.165, 1.54) is 41.3 Å². The molecule has 0 unspecified atom stereocenters. The molecule has 2 amide bonds. The van der Waals surface area contributed by atoms with Gasteiger partial charge in [0.2, 0.25) is 5.91 Å². The zero-order valence-corrected chi connectivity index (χ0v) is 12.6. The fourth-order valence-corrected chi connectivity index (χ4v) is 2.21. The van der Waals surface area contributed by atoms with Crippen LogP contribution in [0.2, 0.25) is 5.02 Å². The van der Waals surface area contributed by atoms with Crippen LogP contribution < -0.4 is 5.73 Å². The van der Waals surface area contributed by atoms with Crippen LogP contribution in [-0.2, 0) is 6.54 Å². The molecule has 0 fully saturated rings. The fraction of sp³-hybridized carbons (Fsp3) is 0.125. The van der Waals surface area contributed by atoms with Crippen LogP contribution in [0.5, 0.6) is 0 Å². The molecule has 0 heterocycles. The Morgan fingerprint density at radius 2 is 1.73 bits per heavy atom. The number of nitrogens with two attached hydrogens (primary N) is 1. The summed E-state index contributed by atoms with van der Waals surface area (Å²) >= 11 is 5.95. The van der Waals surface area contributed by atoms with E-state index in [1.54, 1.807) is 13.1 Å². The number of benzene rings is 2. The predicted molar refractivity (Wildman–Crippen MR) is 82.2 cm³/mol. The molecule has 2 N–H and O–H groups in total. The third-order valence-electron chi connectivity index (χ3n) is 3.22. The van der Waals surface area contributed by atoms with Crippen LogP contribution in [0.25, 0.3) is 0 Å². The Balaban J connectivity index is 2.17. The molecule has 2 aromatic rings. The fourth-order valence-electron chi connectivity index (χ4n) is 1.99. The van der Waals surface area contributed by atoms with Crippen molar-refractivity contribution in [1.82, 2.24) is 4.90 Å². The third kappa shape index (κ3) is 3.43. The van der Waals surface area contributed by atoms with Crippen molar-refractivity contribution >= 4 is 23.4 Å². The van der Waals surface area contributed by atoms with E-state index in [2.05, 4.69) is 0 Å². The minimum Gasteiger partial charge on any atom is -0.366 e. The minimum absolute atomic E-state index is 0.0436. The number of hydrogen-bond acceptors (Lipinski definition) is 2. The van der Waals surface area contributed by atoms with Gasteiger partial charge >= 0.3 is 0 Å². The summed E-state index contributed by atoms with van der Waals surface area (Å²) in [6, 6.07) is 10.3. The molecule has 0 aromatic heterocycles. The maximum atomic E-state index is 13.7. The Morgan fingerprint density at radius 3 is 2.27 bits per heavy atom. The first-order chi connectivity index (χ1) is 10.4. The number of amides is 2. The second-order valence-electron chi connectivity index (χ2n) is 4.80. The van der Waals surface area contributed by atoms with Crippen molar-refractivity contribution in [3.05, 3.63) is 70.0 Å². The highest BCUT2D eigenvalue weighted by atomic mass is 35.5. The maximum Gasteiger partial charge on any atom is 0.253 e. The van der Waals surface area contributed by atoms with Gasteiger partial charge in [0, 0.05) is 35.3 Å². The molecule has 0 aliphatic rings. The normalized spacial score (nSPS) is 10.3. The van der Waals surface area contributed by atoms with E-state index in [4.69, 9.17) is 17.3 Å². The lowest BCUT2D eigenvalue weighted by atomic mass is 10.1. The Labute approximate surface area is 132 Å². The lowest BCUT2D eigenvalue weighted by Gasteiger charge is -2.18. The first-order valence-corrected chi connectivity index (χ1v) is 6.86. The van der Waals surface area contributed by atoms with Gasteiger partial charge in [0.25, 0.3) is 5.91 Å². The van der Waals surface area contributed by atoms with Crippen molar-refractivity contribution in [2.75, 3.05) is 7.05 Å². The van der Waals surface area contributed by atoms with E-state index < -0.39 is 11.7 Å². The quantitative estimate of drug-likeness (QED) is 0.941. The number of hydrogen-bond donors (Lipinski definition) is 1. The molecule has 0 saturated carbocycles. The summed E-state index contributed by atoms with van der Waals surface area (Å²) in [6.07, 6.45) is 0. The highest BCUT2D eigenvalue weighted by Crippen LogP contribution is 2.21. The van der Waals surface area contributed by atoms with Crippen molar-refractivity contribution in [3.8, 4) is 0 Å². The second-order valence-corrected chi connectivity index (χ2v) is 5.21. The van der Waals surface area contributed by atoms with Crippen LogP contribution in [0.4, 0.5) is 4.39 Å². The molecule has 0 radical (unpaired) electrons. The average molecular weight is 321 g/mol. The Kier molecular flexibility index (Phi) is 4.78. The highest BCUT2D eigenvalue weighted by Gasteiger charge is 2.16. The van der Waals surface area contributed by atoms with Gasteiger partial charge in [-0.25, -0.2) is 4.39 Å². The lowest BCUT2D eigenvalue weighted by molar-refractivity contribution is 0.0783. The molecule has 0 spiro atoms. The predicted octanol–water partition coefficient (Wildman–Crippen LogP) is 2.85. The van der Waals surface area contributed by atoms with Crippen LogP contribution in [-0.4, -0.2) is 23.8 Å². The summed E-state index contributed by atoms with van der Waals surface area (Å²) in [4.78, 5) is 24.7. The van der Waals surface area contributed by atoms with Crippen molar-refractivity contribution in [2.24, 2.45) is 5.73 Å². The van der Waals surface area contributed by atoms with Crippen LogP contribution in [0.1, 0.15) is 26.3 Å². The molecule has 0 saturated heterocycles. The zero-order valence-electron chi connectivity index (χ0n) is 11.8. The molecule has 0 atom stereocenters. The molecule has 0 bridgehead atoms. The lowest BCUT2D eigenvalue weighted by Crippen LogP contribution is -2.27. The van der Waals surface area contributed by atoms with Crippen LogP contribution >= 0.6 is 11.6 Å². The summed E-state index contributed by atoms with van der Waals surface area (Å²) in [5, 5.41) is 0.267. The van der Waals surface area contributed by atoms with E-state index in [0.717, 1.165) is 0 Å². The molecular formula is C16H14ClFN2O2. The zero-order chi connectivity index (χ0) is 16.3. The highest BCUT2D eigenvalue weighted by molar-refractivity contribution is 6.31. The number of nitrogens with zero attached hydrogens (tertiary/aromatic N) is 1. The second kappa shape index (κ2) is 6.58. The van der Waals surface area contributed by atoms with E-state index in [9.17, 15) is 14.0 Å². The van der Waals surface area contributed by atoms with Gasteiger partial charge in [-0.1, -0.05) is 17.7 Å². The van der Waals surface area contributed by atoms with Gasteiger partial charge in [0.15, 0.2) is 0 Å². The van der Waals surface area contributed by atoms with E-state index in [-0.39, 0.29) is 23.0 Å². The topological polar surface area (TPSA) is 63.4 Å². The molecule has 22 heavy (non-hydrogen) atoms. The molecule has 2 rings (SSSR count). The van der Waals surface area contributed by atoms with Crippen molar-refractivity contribution in [2.45, 2.75) is 6.54 Å². The van der Waals surface area contributed by atoms with Crippen molar-refractivity contribution in [1.29, 1.82) is 0 Å². The summed E-state index contributed by atoms with van der Waals surface area (Å²) in [5.74, 6) is -1.34. The number of rotatable bonds is 4. The average Bonchev–Trinajstić information content (AvgIpc) is 2.50. The van der Waals surface area contributed by atoms with Gasteiger partial charge in [0.1, 0.15) is 5.82 Å². The largest absolute Gasteiger partial charge is 0.366 e. The molecule has 0 aliphatic heterocycles. The molecule has 2 aromatic carbocycles. The first-order valence-electron chi connectivity index (χ1n) is 6.48. The Hall–Kier alpha value is -2.40. The van der Waals surface area contributed by atoms with Gasteiger partial charge < -0.3 is 10.6 Å². The van der Waals surface area contributed by atoms with Crippen LogP contribution in [0.3, 0.4) is 0 Å². The number of carbonyl (C=O) groups excluding carboxylic acids is 2. The molecular weight excluding hydrogens is 307 g/mol. The SMILES string of the molecule is CN(Cc1c(F)cccc1Cl)C(=O)c1ccc(C(N)=O)cc1. The van der Waals surface area contributed by atoms with Crippen molar-refractivity contribution < 1.29 is 14.0 Å². The monoisotopic (exact) mass is 320 g/mol. The standard InChI is InChI=1S/C16H14ClFN2O2/c1-20(9-12-13(17)3-2-4-14(12)18)16(22)11-7-5-10(6-8-11)15(19)21/h2-8H,9H2,1H3,(H2,19,21). The summed E-state index contributed by atoms with van der Waals surface area (Å²) in [5.41, 5.74) is 6.09. The Bertz CT molecular complexity index is 696. The third-order valence-corrected chi connectivity index (χ3v) is 3.57. The van der Waals surface area contributed by atoms with Crippen molar-refractivity contribution in [3.63, 3.8) is 0 Å². The number of carbonyl (C=O) groups is 2. The minimum atomic E-state index is -0.564. The molecule has 114 valence electrons. The van der Waals surface area contributed by atoms with E-state index >= 15 is 0 Å². The Morgan fingerprint density at radius 1 is 1.14 bits per heavy atom. The molecule has 4 nitrogen and oxygen atoms in total. The van der Waals surface area contributed by atoms with Gasteiger partial charge in [0.05, 0.1) is 0 Å². The van der Waals surface area contributed by atoms with E-state index in [1.807, 2.05) is 0 Å². The van der Waals surface area contributed by atoms with Gasteiger partial charge in [-0.3, -0.25) is 9.59 Å². The van der Waals surface area contributed by atoms with E-state index in [0.29, 0.717) is 11.1 Å². The maximum absolute atomic E-state index is 13.7. The number of halogens is 2. The number of primary amides is 1. The summed E-state index contributed by atoms with van der Waals surface area (Å²) in [7, 11) is 1.55. The summed E-state index contributed by atoms with van der Waals surface area (Å²) in [6.45, 7) is 0.0436. The summed E-state index contributed by atoms with van der Waals surface area (Å²) < 4.78 is 13.7. The molecule has 0 aliphatic carbocycles. The smallest absolute Gasteiger partial charge is 0.253 e. The first kappa shape index (κ1) is 16.0. The van der Waals surface area contributed by atoms with Crippen LogP contribution in [0, 0.1) is 5.82 Å².